The quantitative estimate of drug-likeness (QED) is 0.474. The molecule has 1 N–H and O–H groups in total. The monoisotopic (exact) mass is 400 g/mol. The van der Waals surface area contributed by atoms with E-state index in [4.69, 9.17) is 4.42 Å². The fourth-order valence-electron chi connectivity index (χ4n) is 2.22. The molecular formula is C15H8N6O8. The zero-order valence-corrected chi connectivity index (χ0v) is 14.0. The molecule has 0 unspecified atom stereocenters. The summed E-state index contributed by atoms with van der Waals surface area (Å²) >= 11 is 0. The van der Waals surface area contributed by atoms with Gasteiger partial charge in [-0.3, -0.25) is 40.5 Å². The second kappa shape index (κ2) is 7.47. The van der Waals surface area contributed by atoms with Crippen LogP contribution in [0.25, 0.3) is 11.5 Å². The van der Waals surface area contributed by atoms with Crippen molar-refractivity contribution in [3.05, 3.63) is 78.4 Å². The van der Waals surface area contributed by atoms with Crippen molar-refractivity contribution < 1.29 is 24.0 Å². The minimum Gasteiger partial charge on any atom is -0.403 e. The number of benzene rings is 2. The Bertz CT molecular complexity index is 1110. The molecule has 0 saturated heterocycles. The second-order valence-electron chi connectivity index (χ2n) is 5.42. The minimum atomic E-state index is -0.948. The second-order valence-corrected chi connectivity index (χ2v) is 5.42. The number of amides is 1. The molecule has 0 radical (unpaired) electrons. The fraction of sp³-hybridized carbons (Fsp3) is 0. The Morgan fingerprint density at radius 3 is 1.90 bits per heavy atom. The maximum Gasteiger partial charge on any atom is 0.322 e. The molecule has 0 aliphatic rings. The van der Waals surface area contributed by atoms with E-state index in [1.165, 1.54) is 24.3 Å². The summed E-state index contributed by atoms with van der Waals surface area (Å²) in [4.78, 5) is 42.4. The van der Waals surface area contributed by atoms with Crippen LogP contribution >= 0.6 is 0 Å². The van der Waals surface area contributed by atoms with Gasteiger partial charge in [0.2, 0.25) is 5.89 Å². The molecule has 29 heavy (non-hydrogen) atoms. The highest BCUT2D eigenvalue weighted by molar-refractivity contribution is 6.04. The van der Waals surface area contributed by atoms with Crippen LogP contribution in [-0.4, -0.2) is 30.9 Å². The molecule has 0 bridgehead atoms. The van der Waals surface area contributed by atoms with Gasteiger partial charge in [0.15, 0.2) is 0 Å². The molecule has 1 amide bonds. The summed E-state index contributed by atoms with van der Waals surface area (Å²) in [5, 5.41) is 41.9. The number of aromatic nitrogens is 2. The zero-order valence-electron chi connectivity index (χ0n) is 14.0. The minimum absolute atomic E-state index is 0.0554. The van der Waals surface area contributed by atoms with E-state index >= 15 is 0 Å². The number of rotatable bonds is 6. The molecule has 14 heteroatoms. The van der Waals surface area contributed by atoms with Gasteiger partial charge in [0.25, 0.3) is 23.0 Å². The third kappa shape index (κ3) is 4.16. The van der Waals surface area contributed by atoms with Crippen molar-refractivity contribution in [1.82, 2.24) is 10.2 Å². The molecule has 146 valence electrons. The Morgan fingerprint density at radius 2 is 1.38 bits per heavy atom. The van der Waals surface area contributed by atoms with Crippen LogP contribution < -0.4 is 5.32 Å². The topological polar surface area (TPSA) is 197 Å². The lowest BCUT2D eigenvalue weighted by Gasteiger charge is -2.01. The van der Waals surface area contributed by atoms with Gasteiger partial charge in [-0.1, -0.05) is 5.10 Å². The molecule has 0 aliphatic heterocycles. The predicted octanol–water partition coefficient (Wildman–Crippen LogP) is 2.71. The average molecular weight is 400 g/mol. The summed E-state index contributed by atoms with van der Waals surface area (Å²) in [6.45, 7) is 0. The van der Waals surface area contributed by atoms with Crippen molar-refractivity contribution in [2.24, 2.45) is 0 Å². The standard InChI is InChI=1S/C15H8N6O8/c22-13(9-5-11(20(25)26)7-12(6-9)21(27)28)16-15-18-17-14(29-15)8-1-3-10(4-2-8)19(23)24/h1-7H,(H,16,18,22). The molecular weight excluding hydrogens is 392 g/mol. The molecule has 0 saturated carbocycles. The molecule has 0 aliphatic carbocycles. The van der Waals surface area contributed by atoms with E-state index in [0.717, 1.165) is 18.2 Å². The summed E-state index contributed by atoms with van der Waals surface area (Å²) in [6, 6.07) is 7.22. The van der Waals surface area contributed by atoms with Crippen LogP contribution in [0.5, 0.6) is 0 Å². The predicted molar refractivity (Wildman–Crippen MR) is 94.1 cm³/mol. The van der Waals surface area contributed by atoms with Crippen molar-refractivity contribution in [1.29, 1.82) is 0 Å². The molecule has 0 atom stereocenters. The van der Waals surface area contributed by atoms with Crippen LogP contribution in [0.15, 0.2) is 46.9 Å². The largest absolute Gasteiger partial charge is 0.403 e. The summed E-state index contributed by atoms with van der Waals surface area (Å²) in [5.41, 5.74) is -1.44. The van der Waals surface area contributed by atoms with Crippen LogP contribution in [0.1, 0.15) is 10.4 Å². The first kappa shape index (κ1) is 19.0. The normalized spacial score (nSPS) is 10.3. The van der Waals surface area contributed by atoms with E-state index in [-0.39, 0.29) is 23.2 Å². The molecule has 2 aromatic carbocycles. The van der Waals surface area contributed by atoms with Crippen LogP contribution in [0.2, 0.25) is 0 Å². The Balaban J connectivity index is 1.82. The van der Waals surface area contributed by atoms with E-state index in [1.54, 1.807) is 0 Å². The van der Waals surface area contributed by atoms with Crippen molar-refractivity contribution in [3.63, 3.8) is 0 Å². The van der Waals surface area contributed by atoms with Gasteiger partial charge in [-0.2, -0.15) is 0 Å². The van der Waals surface area contributed by atoms with Gasteiger partial charge in [-0.25, -0.2) is 0 Å². The average Bonchev–Trinajstić information content (AvgIpc) is 3.16. The first-order chi connectivity index (χ1) is 13.7. The van der Waals surface area contributed by atoms with Crippen molar-refractivity contribution >= 4 is 29.0 Å². The van der Waals surface area contributed by atoms with E-state index < -0.39 is 32.1 Å². The van der Waals surface area contributed by atoms with Gasteiger partial charge in [0, 0.05) is 29.8 Å². The highest BCUT2D eigenvalue weighted by atomic mass is 16.6. The van der Waals surface area contributed by atoms with Crippen molar-refractivity contribution in [3.8, 4) is 11.5 Å². The van der Waals surface area contributed by atoms with Crippen molar-refractivity contribution in [2.75, 3.05) is 5.32 Å². The van der Waals surface area contributed by atoms with Gasteiger partial charge in [-0.05, 0) is 12.1 Å². The lowest BCUT2D eigenvalue weighted by Crippen LogP contribution is -2.13. The van der Waals surface area contributed by atoms with Crippen LogP contribution in [0.4, 0.5) is 23.1 Å². The molecule has 0 fully saturated rings. The third-order valence-electron chi connectivity index (χ3n) is 3.56. The molecule has 14 nitrogen and oxygen atoms in total. The summed E-state index contributed by atoms with van der Waals surface area (Å²) in [5.74, 6) is -1.00. The number of carbonyl (C=O) groups excluding carboxylic acids is 1. The molecule has 1 heterocycles. The number of hydrogen-bond acceptors (Lipinski definition) is 10. The number of non-ortho nitro benzene ring substituents is 3. The molecule has 3 rings (SSSR count). The molecule has 0 spiro atoms. The number of nitrogens with one attached hydrogen (secondary N) is 1. The zero-order chi connectivity index (χ0) is 21.1. The summed E-state index contributed by atoms with van der Waals surface area (Å²) in [6.07, 6.45) is 0. The summed E-state index contributed by atoms with van der Waals surface area (Å²) < 4.78 is 5.23. The smallest absolute Gasteiger partial charge is 0.322 e. The summed E-state index contributed by atoms with van der Waals surface area (Å²) in [7, 11) is 0. The number of anilines is 1. The molecule has 3 aromatic rings. The number of hydrogen-bond donors (Lipinski definition) is 1. The highest BCUT2D eigenvalue weighted by Gasteiger charge is 2.21. The molecule has 1 aromatic heterocycles. The van der Waals surface area contributed by atoms with Crippen LogP contribution in [0.3, 0.4) is 0 Å². The number of nitrogens with zero attached hydrogens (tertiary/aromatic N) is 5. The number of nitro groups is 3. The Morgan fingerprint density at radius 1 is 0.828 bits per heavy atom. The van der Waals surface area contributed by atoms with E-state index in [9.17, 15) is 35.1 Å². The van der Waals surface area contributed by atoms with E-state index in [0.29, 0.717) is 5.56 Å². The Kier molecular flexibility index (Phi) is 4.90. The van der Waals surface area contributed by atoms with Gasteiger partial charge in [0.1, 0.15) is 0 Å². The fourth-order valence-corrected chi connectivity index (χ4v) is 2.22. The van der Waals surface area contributed by atoms with E-state index in [2.05, 4.69) is 15.5 Å². The number of carbonyl (C=O) groups is 1. The van der Waals surface area contributed by atoms with Gasteiger partial charge >= 0.3 is 6.01 Å². The number of nitro benzene ring substituents is 3. The first-order valence-electron chi connectivity index (χ1n) is 7.58. The first-order valence-corrected chi connectivity index (χ1v) is 7.58. The van der Waals surface area contributed by atoms with E-state index in [1.807, 2.05) is 0 Å². The SMILES string of the molecule is O=C(Nc1nnc(-c2ccc([N+](=O)[O-])cc2)o1)c1cc([N+](=O)[O-])cc([N+](=O)[O-])c1. The lowest BCUT2D eigenvalue weighted by atomic mass is 10.1. The van der Waals surface area contributed by atoms with Gasteiger partial charge in [0.05, 0.1) is 26.4 Å². The third-order valence-corrected chi connectivity index (χ3v) is 3.56. The maximum atomic E-state index is 12.3. The Hall–Kier alpha value is -4.75. The Labute approximate surface area is 159 Å². The van der Waals surface area contributed by atoms with Gasteiger partial charge < -0.3 is 4.42 Å². The highest BCUT2D eigenvalue weighted by Crippen LogP contribution is 2.25. The van der Waals surface area contributed by atoms with Gasteiger partial charge in [-0.15, -0.1) is 5.10 Å². The van der Waals surface area contributed by atoms with Crippen molar-refractivity contribution in [2.45, 2.75) is 0 Å². The lowest BCUT2D eigenvalue weighted by molar-refractivity contribution is -0.394. The van der Waals surface area contributed by atoms with Crippen LogP contribution in [-0.2, 0) is 0 Å². The van der Waals surface area contributed by atoms with Crippen LogP contribution in [0, 0.1) is 30.3 Å². The maximum absolute atomic E-state index is 12.3.